The summed E-state index contributed by atoms with van der Waals surface area (Å²) in [5, 5.41) is 3.12. The molecule has 4 rings (SSSR count). The molecule has 0 fully saturated rings. The minimum Gasteiger partial charge on any atom is -0.334 e. The van der Waals surface area contributed by atoms with Gasteiger partial charge in [0.15, 0.2) is 0 Å². The summed E-state index contributed by atoms with van der Waals surface area (Å²) in [6, 6.07) is 11.0. The molecule has 0 spiro atoms. The van der Waals surface area contributed by atoms with Crippen molar-refractivity contribution in [2.45, 2.75) is 25.8 Å². The molecule has 6 heteroatoms. The fourth-order valence-electron chi connectivity index (χ4n) is 3.10. The first-order valence-corrected chi connectivity index (χ1v) is 8.67. The molecule has 1 aliphatic rings. The van der Waals surface area contributed by atoms with E-state index in [1.54, 1.807) is 18.3 Å². The van der Waals surface area contributed by atoms with Crippen molar-refractivity contribution in [3.8, 4) is 11.3 Å². The monoisotopic (exact) mass is 352 g/mol. The van der Waals surface area contributed by atoms with E-state index in [1.807, 2.05) is 24.3 Å². The van der Waals surface area contributed by atoms with Gasteiger partial charge in [-0.2, -0.15) is 0 Å². The number of carbonyl (C=O) groups excluding carboxylic acids is 1. The Morgan fingerprint density at radius 3 is 2.88 bits per heavy atom. The summed E-state index contributed by atoms with van der Waals surface area (Å²) >= 11 is 6.02. The summed E-state index contributed by atoms with van der Waals surface area (Å²) < 4.78 is 2.20. The summed E-state index contributed by atoms with van der Waals surface area (Å²) in [6.07, 6.45) is 6.98. The molecule has 0 bridgehead atoms. The quantitative estimate of drug-likeness (QED) is 0.719. The number of fused-ring (bicyclic) bond motifs is 1. The van der Waals surface area contributed by atoms with Gasteiger partial charge in [0.1, 0.15) is 11.0 Å². The van der Waals surface area contributed by atoms with E-state index in [1.165, 1.54) is 12.8 Å². The number of carbonyl (C=O) groups is 1. The van der Waals surface area contributed by atoms with Gasteiger partial charge >= 0.3 is 0 Å². The maximum Gasteiger partial charge on any atom is 0.258 e. The minimum atomic E-state index is -0.283. The molecule has 5 nitrogen and oxygen atoms in total. The molecule has 3 heterocycles. The molecule has 0 saturated heterocycles. The topological polar surface area (TPSA) is 59.8 Å². The van der Waals surface area contributed by atoms with Gasteiger partial charge in [-0.1, -0.05) is 29.8 Å². The number of hydrogen-bond acceptors (Lipinski definition) is 3. The van der Waals surface area contributed by atoms with Crippen LogP contribution < -0.4 is 5.32 Å². The molecule has 0 atom stereocenters. The van der Waals surface area contributed by atoms with Crippen LogP contribution in [0, 0.1) is 0 Å². The van der Waals surface area contributed by atoms with Gasteiger partial charge < -0.3 is 9.88 Å². The van der Waals surface area contributed by atoms with E-state index in [2.05, 4.69) is 21.1 Å². The highest BCUT2D eigenvalue weighted by atomic mass is 35.5. The zero-order valence-electron chi connectivity index (χ0n) is 13.6. The number of aryl methyl sites for hydroxylation is 2. The van der Waals surface area contributed by atoms with E-state index in [4.69, 9.17) is 16.6 Å². The average Bonchev–Trinajstić information content (AvgIpc) is 3.06. The SMILES string of the molecule is O=C(Nc1ccccc1-c1cn2c(n1)CCCC2)c1cccnc1Cl. The number of halogens is 1. The van der Waals surface area contributed by atoms with Crippen LogP contribution in [0.5, 0.6) is 0 Å². The molecule has 1 amide bonds. The zero-order valence-corrected chi connectivity index (χ0v) is 14.3. The maximum atomic E-state index is 12.6. The van der Waals surface area contributed by atoms with E-state index in [0.29, 0.717) is 11.3 Å². The van der Waals surface area contributed by atoms with Gasteiger partial charge in [-0.15, -0.1) is 0 Å². The average molecular weight is 353 g/mol. The number of nitrogens with zero attached hydrogens (tertiary/aromatic N) is 3. The first-order chi connectivity index (χ1) is 12.2. The first-order valence-electron chi connectivity index (χ1n) is 8.30. The molecule has 1 aliphatic heterocycles. The number of anilines is 1. The number of aromatic nitrogens is 3. The van der Waals surface area contributed by atoms with Crippen LogP contribution in [0.2, 0.25) is 5.15 Å². The van der Waals surface area contributed by atoms with E-state index >= 15 is 0 Å². The number of imidazole rings is 1. The van der Waals surface area contributed by atoms with E-state index < -0.39 is 0 Å². The number of nitrogens with one attached hydrogen (secondary N) is 1. The maximum absolute atomic E-state index is 12.6. The van der Waals surface area contributed by atoms with Crippen molar-refractivity contribution in [3.05, 3.63) is 65.3 Å². The Bertz CT molecular complexity index is 911. The van der Waals surface area contributed by atoms with Crippen molar-refractivity contribution in [1.82, 2.24) is 14.5 Å². The molecular weight excluding hydrogens is 336 g/mol. The van der Waals surface area contributed by atoms with Crippen LogP contribution in [-0.4, -0.2) is 20.4 Å². The molecule has 0 saturated carbocycles. The lowest BCUT2D eigenvalue weighted by atomic mass is 10.1. The first kappa shape index (κ1) is 15.8. The minimum absolute atomic E-state index is 0.190. The molecule has 126 valence electrons. The predicted octanol–water partition coefficient (Wildman–Crippen LogP) is 4.19. The number of hydrogen-bond donors (Lipinski definition) is 1. The van der Waals surface area contributed by atoms with Crippen LogP contribution in [0.15, 0.2) is 48.8 Å². The molecule has 2 aromatic heterocycles. The standard InChI is InChI=1S/C19H17ClN4O/c20-18-14(7-5-10-21-18)19(25)23-15-8-2-1-6-13(15)16-12-24-11-4-3-9-17(24)22-16/h1-2,5-8,10,12H,3-4,9,11H2,(H,23,25). The van der Waals surface area contributed by atoms with Crippen LogP contribution in [0.3, 0.4) is 0 Å². The molecular formula is C19H17ClN4O. The smallest absolute Gasteiger partial charge is 0.258 e. The van der Waals surface area contributed by atoms with Crippen molar-refractivity contribution in [2.75, 3.05) is 5.32 Å². The fourth-order valence-corrected chi connectivity index (χ4v) is 3.31. The lowest BCUT2D eigenvalue weighted by Gasteiger charge is -2.11. The number of para-hydroxylation sites is 1. The van der Waals surface area contributed by atoms with Crippen LogP contribution in [0.25, 0.3) is 11.3 Å². The lowest BCUT2D eigenvalue weighted by molar-refractivity contribution is 0.102. The largest absolute Gasteiger partial charge is 0.334 e. The number of pyridine rings is 1. The highest BCUT2D eigenvalue weighted by molar-refractivity contribution is 6.33. The van der Waals surface area contributed by atoms with Gasteiger partial charge in [0, 0.05) is 30.9 Å². The van der Waals surface area contributed by atoms with Crippen LogP contribution in [0.4, 0.5) is 5.69 Å². The van der Waals surface area contributed by atoms with Crippen molar-refractivity contribution in [3.63, 3.8) is 0 Å². The van der Waals surface area contributed by atoms with Gasteiger partial charge in [-0.05, 0) is 31.0 Å². The highest BCUT2D eigenvalue weighted by Gasteiger charge is 2.17. The molecule has 25 heavy (non-hydrogen) atoms. The summed E-state index contributed by atoms with van der Waals surface area (Å²) in [7, 11) is 0. The van der Waals surface area contributed by atoms with Gasteiger partial charge in [0.05, 0.1) is 16.9 Å². The second-order valence-electron chi connectivity index (χ2n) is 6.03. The number of amides is 1. The molecule has 0 unspecified atom stereocenters. The molecule has 1 aromatic carbocycles. The van der Waals surface area contributed by atoms with Gasteiger partial charge in [-0.25, -0.2) is 9.97 Å². The summed E-state index contributed by atoms with van der Waals surface area (Å²) in [4.78, 5) is 21.3. The Hall–Kier alpha value is -2.66. The second kappa shape index (κ2) is 6.69. The second-order valence-corrected chi connectivity index (χ2v) is 6.39. The van der Waals surface area contributed by atoms with Gasteiger partial charge in [0.25, 0.3) is 5.91 Å². The van der Waals surface area contributed by atoms with Crippen LogP contribution in [-0.2, 0) is 13.0 Å². The van der Waals surface area contributed by atoms with Crippen molar-refractivity contribution in [2.24, 2.45) is 0 Å². The zero-order chi connectivity index (χ0) is 17.2. The van der Waals surface area contributed by atoms with Crippen LogP contribution >= 0.6 is 11.6 Å². The Kier molecular flexibility index (Phi) is 4.24. The Morgan fingerprint density at radius 1 is 1.16 bits per heavy atom. The van der Waals surface area contributed by atoms with Crippen molar-refractivity contribution < 1.29 is 4.79 Å². The van der Waals surface area contributed by atoms with Crippen molar-refractivity contribution in [1.29, 1.82) is 0 Å². The summed E-state index contributed by atoms with van der Waals surface area (Å²) in [5.41, 5.74) is 2.84. The predicted molar refractivity (Wildman–Crippen MR) is 97.8 cm³/mol. The van der Waals surface area contributed by atoms with Gasteiger partial charge in [0.2, 0.25) is 0 Å². The number of benzene rings is 1. The van der Waals surface area contributed by atoms with Crippen LogP contribution in [0.1, 0.15) is 29.0 Å². The van der Waals surface area contributed by atoms with Gasteiger partial charge in [-0.3, -0.25) is 4.79 Å². The Balaban J connectivity index is 1.67. The molecule has 0 aliphatic carbocycles. The summed E-state index contributed by atoms with van der Waals surface area (Å²) in [5.74, 6) is 0.826. The highest BCUT2D eigenvalue weighted by Crippen LogP contribution is 2.29. The Morgan fingerprint density at radius 2 is 2.04 bits per heavy atom. The van der Waals surface area contributed by atoms with E-state index in [0.717, 1.165) is 30.0 Å². The summed E-state index contributed by atoms with van der Waals surface area (Å²) in [6.45, 7) is 1.00. The Labute approximate surface area is 150 Å². The lowest BCUT2D eigenvalue weighted by Crippen LogP contribution is -2.13. The third-order valence-corrected chi connectivity index (χ3v) is 4.66. The normalized spacial score (nSPS) is 13.3. The third kappa shape index (κ3) is 3.15. The molecule has 0 radical (unpaired) electrons. The molecule has 1 N–H and O–H groups in total. The van der Waals surface area contributed by atoms with Crippen molar-refractivity contribution >= 4 is 23.2 Å². The fraction of sp³-hybridized carbons (Fsp3) is 0.211. The molecule has 3 aromatic rings. The number of rotatable bonds is 3. The van der Waals surface area contributed by atoms with E-state index in [-0.39, 0.29) is 11.1 Å². The third-order valence-electron chi connectivity index (χ3n) is 4.36. The van der Waals surface area contributed by atoms with E-state index in [9.17, 15) is 4.79 Å².